The van der Waals surface area contributed by atoms with Gasteiger partial charge in [0.15, 0.2) is 4.96 Å². The number of benzene rings is 2. The molecular formula is C25H25ClN4O2S. The zero-order valence-electron chi connectivity index (χ0n) is 18.4. The topological polar surface area (TPSA) is 50.1 Å². The van der Waals surface area contributed by atoms with Gasteiger partial charge in [-0.15, -0.1) is 11.3 Å². The number of thiazole rings is 1. The lowest BCUT2D eigenvalue weighted by Crippen LogP contribution is -2.49. The Balaban J connectivity index is 1.20. The van der Waals surface area contributed by atoms with Gasteiger partial charge in [0.05, 0.1) is 23.5 Å². The van der Waals surface area contributed by atoms with E-state index in [-0.39, 0.29) is 5.91 Å². The minimum atomic E-state index is 0.198. The molecule has 0 saturated carbocycles. The van der Waals surface area contributed by atoms with Crippen molar-refractivity contribution in [3.05, 3.63) is 70.8 Å². The van der Waals surface area contributed by atoms with Crippen LogP contribution in [0.1, 0.15) is 12.1 Å². The number of piperazine rings is 1. The Morgan fingerprint density at radius 3 is 2.58 bits per heavy atom. The summed E-state index contributed by atoms with van der Waals surface area (Å²) in [5.41, 5.74) is 4.13. The highest BCUT2D eigenvalue weighted by molar-refractivity contribution is 7.15. The number of hydrogen-bond acceptors (Lipinski definition) is 5. The molecule has 2 aromatic carbocycles. The Morgan fingerprint density at radius 1 is 1.09 bits per heavy atom. The number of para-hydroxylation sites is 1. The van der Waals surface area contributed by atoms with Crippen LogP contribution in [0.4, 0.5) is 5.69 Å². The first-order valence-electron chi connectivity index (χ1n) is 11.0. The van der Waals surface area contributed by atoms with E-state index in [1.165, 1.54) is 0 Å². The standard InChI is InChI=1S/C25H25ClN4O2S/c1-32-20-9-6-18(7-10-20)22-16-30-19(17-33-25(30)27-22)8-11-24(31)29-14-12-28(13-15-29)23-5-3-2-4-21(23)26/h2-7,9-10,16-17H,8,11-15H2,1H3. The highest BCUT2D eigenvalue weighted by Gasteiger charge is 2.22. The van der Waals surface area contributed by atoms with Gasteiger partial charge >= 0.3 is 0 Å². The monoisotopic (exact) mass is 480 g/mol. The van der Waals surface area contributed by atoms with Gasteiger partial charge in [-0.2, -0.15) is 0 Å². The molecule has 0 radical (unpaired) electrons. The molecule has 0 N–H and O–H groups in total. The van der Waals surface area contributed by atoms with Gasteiger partial charge in [-0.25, -0.2) is 4.98 Å². The Labute approximate surface area is 202 Å². The number of fused-ring (bicyclic) bond motifs is 1. The molecule has 1 amide bonds. The Kier molecular flexibility index (Phi) is 6.24. The summed E-state index contributed by atoms with van der Waals surface area (Å²) < 4.78 is 7.34. The van der Waals surface area contributed by atoms with Crippen LogP contribution in [0.2, 0.25) is 5.02 Å². The van der Waals surface area contributed by atoms with Gasteiger partial charge in [0, 0.05) is 55.4 Å². The third-order valence-electron chi connectivity index (χ3n) is 6.09. The molecule has 33 heavy (non-hydrogen) atoms. The molecule has 0 unspecified atom stereocenters. The van der Waals surface area contributed by atoms with Crippen molar-refractivity contribution in [1.29, 1.82) is 0 Å². The number of carbonyl (C=O) groups is 1. The molecule has 0 spiro atoms. The van der Waals surface area contributed by atoms with E-state index in [9.17, 15) is 4.79 Å². The number of ether oxygens (including phenoxy) is 1. The zero-order valence-corrected chi connectivity index (χ0v) is 20.0. The first-order valence-corrected chi connectivity index (χ1v) is 12.3. The highest BCUT2D eigenvalue weighted by Crippen LogP contribution is 2.27. The fraction of sp³-hybridized carbons (Fsp3) is 0.280. The Hall–Kier alpha value is -3.03. The van der Waals surface area contributed by atoms with Crippen molar-refractivity contribution in [1.82, 2.24) is 14.3 Å². The number of anilines is 1. The van der Waals surface area contributed by atoms with Crippen LogP contribution in [0.3, 0.4) is 0 Å². The maximum absolute atomic E-state index is 12.9. The van der Waals surface area contributed by atoms with Gasteiger partial charge in [0.2, 0.25) is 5.91 Å². The van der Waals surface area contributed by atoms with Crippen molar-refractivity contribution in [2.45, 2.75) is 12.8 Å². The van der Waals surface area contributed by atoms with Gasteiger partial charge < -0.3 is 14.5 Å². The number of halogens is 1. The number of aromatic nitrogens is 2. The summed E-state index contributed by atoms with van der Waals surface area (Å²) in [6.45, 7) is 3.03. The SMILES string of the molecule is COc1ccc(-c2cn3c(CCC(=O)N4CCN(c5ccccc5Cl)CC4)csc3n2)cc1. The minimum absolute atomic E-state index is 0.198. The quantitative estimate of drug-likeness (QED) is 0.389. The first kappa shape index (κ1) is 21.8. The van der Waals surface area contributed by atoms with Gasteiger partial charge in [-0.3, -0.25) is 9.20 Å². The second-order valence-corrected chi connectivity index (χ2v) is 9.30. The van der Waals surface area contributed by atoms with E-state index in [0.717, 1.165) is 64.6 Å². The molecule has 6 nitrogen and oxygen atoms in total. The molecule has 2 aromatic heterocycles. The van der Waals surface area contributed by atoms with Crippen LogP contribution in [0, 0.1) is 0 Å². The van der Waals surface area contributed by atoms with Crippen LogP contribution < -0.4 is 9.64 Å². The number of nitrogens with zero attached hydrogens (tertiary/aromatic N) is 4. The molecule has 0 bridgehead atoms. The van der Waals surface area contributed by atoms with Crippen LogP contribution in [0.5, 0.6) is 5.75 Å². The number of carbonyl (C=O) groups excluding carboxylic acids is 1. The molecular weight excluding hydrogens is 456 g/mol. The summed E-state index contributed by atoms with van der Waals surface area (Å²) in [5, 5.41) is 2.86. The lowest BCUT2D eigenvalue weighted by atomic mass is 10.1. The van der Waals surface area contributed by atoms with Gasteiger partial charge in [0.1, 0.15) is 5.75 Å². The maximum Gasteiger partial charge on any atom is 0.223 e. The predicted octanol–water partition coefficient (Wildman–Crippen LogP) is 5.01. The lowest BCUT2D eigenvalue weighted by molar-refractivity contribution is -0.131. The van der Waals surface area contributed by atoms with Crippen LogP contribution in [-0.4, -0.2) is 53.5 Å². The number of amides is 1. The van der Waals surface area contributed by atoms with E-state index < -0.39 is 0 Å². The normalized spacial score (nSPS) is 14.1. The third kappa shape index (κ3) is 4.56. The Morgan fingerprint density at radius 2 is 1.85 bits per heavy atom. The third-order valence-corrected chi connectivity index (χ3v) is 7.30. The fourth-order valence-electron chi connectivity index (χ4n) is 4.21. The highest BCUT2D eigenvalue weighted by atomic mass is 35.5. The van der Waals surface area contributed by atoms with E-state index in [1.54, 1.807) is 18.4 Å². The molecule has 0 atom stereocenters. The molecule has 1 aliphatic heterocycles. The summed E-state index contributed by atoms with van der Waals surface area (Å²) in [5.74, 6) is 1.02. The minimum Gasteiger partial charge on any atom is -0.497 e. The van der Waals surface area contributed by atoms with Gasteiger partial charge in [-0.05, 0) is 42.8 Å². The van der Waals surface area contributed by atoms with E-state index in [0.29, 0.717) is 12.8 Å². The van der Waals surface area contributed by atoms with Crippen molar-refractivity contribution in [3.8, 4) is 17.0 Å². The second-order valence-electron chi connectivity index (χ2n) is 8.05. The van der Waals surface area contributed by atoms with Crippen molar-refractivity contribution in [2.24, 2.45) is 0 Å². The van der Waals surface area contributed by atoms with Crippen molar-refractivity contribution < 1.29 is 9.53 Å². The molecule has 170 valence electrons. The van der Waals surface area contributed by atoms with Crippen LogP contribution in [0.25, 0.3) is 16.2 Å². The molecule has 1 aliphatic rings. The average Bonchev–Trinajstić information content (AvgIpc) is 3.44. The molecule has 1 fully saturated rings. The summed E-state index contributed by atoms with van der Waals surface area (Å²) >= 11 is 7.94. The zero-order chi connectivity index (χ0) is 22.8. The maximum atomic E-state index is 12.9. The fourth-order valence-corrected chi connectivity index (χ4v) is 5.37. The second kappa shape index (κ2) is 9.45. The molecule has 0 aliphatic carbocycles. The molecule has 5 rings (SSSR count). The number of methoxy groups -OCH3 is 1. The first-order chi connectivity index (χ1) is 16.1. The van der Waals surface area contributed by atoms with Crippen molar-refractivity contribution in [3.63, 3.8) is 0 Å². The van der Waals surface area contributed by atoms with Gasteiger partial charge in [-0.1, -0.05) is 23.7 Å². The summed E-state index contributed by atoms with van der Waals surface area (Å²) in [7, 11) is 1.66. The van der Waals surface area contributed by atoms with Crippen molar-refractivity contribution in [2.75, 3.05) is 38.2 Å². The van der Waals surface area contributed by atoms with Gasteiger partial charge in [0.25, 0.3) is 0 Å². The van der Waals surface area contributed by atoms with Crippen LogP contribution >= 0.6 is 22.9 Å². The largest absolute Gasteiger partial charge is 0.497 e. The number of hydrogen-bond donors (Lipinski definition) is 0. The van der Waals surface area contributed by atoms with Crippen LogP contribution in [0.15, 0.2) is 60.1 Å². The Bertz CT molecular complexity index is 1260. The number of aryl methyl sites for hydroxylation is 1. The molecule has 1 saturated heterocycles. The lowest BCUT2D eigenvalue weighted by Gasteiger charge is -2.36. The summed E-state index contributed by atoms with van der Waals surface area (Å²) in [4.78, 5) is 22.8. The van der Waals surface area contributed by atoms with E-state index in [1.807, 2.05) is 53.4 Å². The molecule has 8 heteroatoms. The number of imidazole rings is 1. The molecule has 4 aromatic rings. The smallest absolute Gasteiger partial charge is 0.223 e. The van der Waals surface area contributed by atoms with E-state index in [2.05, 4.69) is 20.9 Å². The molecule has 3 heterocycles. The number of rotatable bonds is 6. The summed E-state index contributed by atoms with van der Waals surface area (Å²) in [6, 6.07) is 15.8. The van der Waals surface area contributed by atoms with E-state index in [4.69, 9.17) is 21.3 Å². The predicted molar refractivity (Wildman–Crippen MR) is 134 cm³/mol. The van der Waals surface area contributed by atoms with Crippen molar-refractivity contribution >= 4 is 39.5 Å². The van der Waals surface area contributed by atoms with Crippen LogP contribution in [-0.2, 0) is 11.2 Å². The average molecular weight is 481 g/mol. The van der Waals surface area contributed by atoms with E-state index >= 15 is 0 Å². The summed E-state index contributed by atoms with van der Waals surface area (Å²) in [6.07, 6.45) is 3.24.